The number of benzene rings is 2. The molecule has 0 radical (unpaired) electrons. The van der Waals surface area contributed by atoms with Crippen molar-refractivity contribution in [3.63, 3.8) is 0 Å². The smallest absolute Gasteiger partial charge is 0.238 e. The van der Waals surface area contributed by atoms with Crippen LogP contribution in [0.5, 0.6) is 11.5 Å². The molecular weight excluding hydrogens is 352 g/mol. The molecule has 0 saturated heterocycles. The fourth-order valence-electron chi connectivity index (χ4n) is 2.45. The number of amides is 1. The third kappa shape index (κ3) is 5.93. The molecule has 0 saturated carbocycles. The summed E-state index contributed by atoms with van der Waals surface area (Å²) in [5.41, 5.74) is 1.74. The van der Waals surface area contributed by atoms with Crippen LogP contribution in [0.4, 0.5) is 5.69 Å². The maximum Gasteiger partial charge on any atom is 0.238 e. The van der Waals surface area contributed by atoms with Crippen molar-refractivity contribution in [1.29, 1.82) is 0 Å². The van der Waals surface area contributed by atoms with Gasteiger partial charge in [-0.15, -0.1) is 0 Å². The van der Waals surface area contributed by atoms with E-state index in [1.807, 2.05) is 45.0 Å². The molecule has 0 spiro atoms. The van der Waals surface area contributed by atoms with E-state index in [4.69, 9.17) is 21.1 Å². The average Bonchev–Trinajstić information content (AvgIpc) is 2.63. The number of nitrogens with one attached hydrogen (secondary N) is 2. The first kappa shape index (κ1) is 20.1. The quantitative estimate of drug-likeness (QED) is 0.679. The maximum atomic E-state index is 12.2. The number of carbonyl (C=O) groups is 1. The molecule has 2 rings (SSSR count). The molecule has 5 nitrogen and oxygen atoms in total. The van der Waals surface area contributed by atoms with Gasteiger partial charge in [0, 0.05) is 22.8 Å². The summed E-state index contributed by atoms with van der Waals surface area (Å²) in [4.78, 5) is 12.2. The minimum Gasteiger partial charge on any atom is -0.490 e. The molecule has 0 unspecified atom stereocenters. The monoisotopic (exact) mass is 376 g/mol. The summed E-state index contributed by atoms with van der Waals surface area (Å²) in [5, 5.41) is 6.76. The van der Waals surface area contributed by atoms with Crippen molar-refractivity contribution in [3.05, 3.63) is 53.1 Å². The summed E-state index contributed by atoms with van der Waals surface area (Å²) in [7, 11) is 0. The molecule has 0 bridgehead atoms. The molecule has 2 N–H and O–H groups in total. The minimum absolute atomic E-state index is 0.0392. The Bertz CT molecular complexity index is 719. The van der Waals surface area contributed by atoms with Gasteiger partial charge in [0.2, 0.25) is 5.91 Å². The second-order valence-corrected chi connectivity index (χ2v) is 6.17. The van der Waals surface area contributed by atoms with Crippen molar-refractivity contribution in [3.8, 4) is 11.5 Å². The molecule has 140 valence electrons. The van der Waals surface area contributed by atoms with E-state index < -0.39 is 0 Å². The van der Waals surface area contributed by atoms with Crippen molar-refractivity contribution >= 4 is 23.2 Å². The molecule has 26 heavy (non-hydrogen) atoms. The van der Waals surface area contributed by atoms with Crippen LogP contribution in [0.25, 0.3) is 0 Å². The Morgan fingerprint density at radius 2 is 1.69 bits per heavy atom. The lowest BCUT2D eigenvalue weighted by molar-refractivity contribution is -0.115. The van der Waals surface area contributed by atoms with Gasteiger partial charge in [0.25, 0.3) is 0 Å². The van der Waals surface area contributed by atoms with Gasteiger partial charge in [-0.3, -0.25) is 4.79 Å². The molecule has 0 aliphatic rings. The summed E-state index contributed by atoms with van der Waals surface area (Å²) < 4.78 is 11.1. The average molecular weight is 377 g/mol. The Hall–Kier alpha value is -2.24. The largest absolute Gasteiger partial charge is 0.490 e. The molecule has 0 aliphatic carbocycles. The highest BCUT2D eigenvalue weighted by atomic mass is 35.5. The van der Waals surface area contributed by atoms with E-state index >= 15 is 0 Å². The van der Waals surface area contributed by atoms with Gasteiger partial charge in [-0.2, -0.15) is 0 Å². The normalized spacial score (nSPS) is 11.7. The van der Waals surface area contributed by atoms with Gasteiger partial charge in [0.15, 0.2) is 11.5 Å². The number of carbonyl (C=O) groups excluding carboxylic acids is 1. The molecule has 1 atom stereocenters. The Morgan fingerprint density at radius 1 is 1.04 bits per heavy atom. The standard InChI is InChI=1S/C20H25ClN2O3/c1-4-25-18-11-10-17(12-19(18)26-5-2)23-20(24)13-22-14(3)15-6-8-16(21)9-7-15/h6-12,14,22H,4-5,13H2,1-3H3,(H,23,24)/t14-/m1/s1. The van der Waals surface area contributed by atoms with Crippen molar-refractivity contribution in [1.82, 2.24) is 5.32 Å². The van der Waals surface area contributed by atoms with Gasteiger partial charge >= 0.3 is 0 Å². The van der Waals surface area contributed by atoms with Crippen molar-refractivity contribution in [2.24, 2.45) is 0 Å². The summed E-state index contributed by atoms with van der Waals surface area (Å²) in [6.07, 6.45) is 0. The van der Waals surface area contributed by atoms with Crippen LogP contribution in [-0.4, -0.2) is 25.7 Å². The van der Waals surface area contributed by atoms with Crippen LogP contribution in [-0.2, 0) is 4.79 Å². The number of anilines is 1. The second-order valence-electron chi connectivity index (χ2n) is 5.73. The van der Waals surface area contributed by atoms with Gasteiger partial charge < -0.3 is 20.1 Å². The highest BCUT2D eigenvalue weighted by Gasteiger charge is 2.10. The third-order valence-electron chi connectivity index (χ3n) is 3.77. The number of halogens is 1. The fourth-order valence-corrected chi connectivity index (χ4v) is 2.58. The fraction of sp³-hybridized carbons (Fsp3) is 0.350. The first-order chi connectivity index (χ1) is 12.5. The van der Waals surface area contributed by atoms with Crippen LogP contribution in [0.1, 0.15) is 32.4 Å². The molecule has 0 aliphatic heterocycles. The van der Waals surface area contributed by atoms with Gasteiger partial charge in [-0.1, -0.05) is 23.7 Å². The Morgan fingerprint density at radius 3 is 2.35 bits per heavy atom. The van der Waals surface area contributed by atoms with Gasteiger partial charge in [-0.25, -0.2) is 0 Å². The number of hydrogen-bond acceptors (Lipinski definition) is 4. The summed E-state index contributed by atoms with van der Waals surface area (Å²) in [5.74, 6) is 1.16. The summed E-state index contributed by atoms with van der Waals surface area (Å²) >= 11 is 5.90. The lowest BCUT2D eigenvalue weighted by atomic mass is 10.1. The third-order valence-corrected chi connectivity index (χ3v) is 4.02. The highest BCUT2D eigenvalue weighted by molar-refractivity contribution is 6.30. The number of ether oxygens (including phenoxy) is 2. The minimum atomic E-state index is -0.127. The van der Waals surface area contributed by atoms with E-state index in [1.54, 1.807) is 18.2 Å². The first-order valence-corrected chi connectivity index (χ1v) is 9.09. The molecule has 0 fully saturated rings. The van der Waals surface area contributed by atoms with E-state index in [9.17, 15) is 4.79 Å². The predicted molar refractivity (Wildman–Crippen MR) is 105 cm³/mol. The van der Waals surface area contributed by atoms with E-state index in [-0.39, 0.29) is 18.5 Å². The Kier molecular flexibility index (Phi) is 7.75. The van der Waals surface area contributed by atoms with E-state index in [0.717, 1.165) is 5.56 Å². The van der Waals surface area contributed by atoms with Crippen LogP contribution >= 0.6 is 11.6 Å². The molecule has 0 aromatic heterocycles. The van der Waals surface area contributed by atoms with Crippen LogP contribution in [0.3, 0.4) is 0 Å². The predicted octanol–water partition coefficient (Wildman–Crippen LogP) is 4.43. The molecule has 6 heteroatoms. The highest BCUT2D eigenvalue weighted by Crippen LogP contribution is 2.30. The van der Waals surface area contributed by atoms with Crippen molar-refractivity contribution in [2.75, 3.05) is 25.1 Å². The summed E-state index contributed by atoms with van der Waals surface area (Å²) in [6.45, 7) is 7.10. The first-order valence-electron chi connectivity index (χ1n) is 8.71. The van der Waals surface area contributed by atoms with E-state index in [0.29, 0.717) is 35.4 Å². The zero-order chi connectivity index (χ0) is 18.9. The SMILES string of the molecule is CCOc1ccc(NC(=O)CN[C@H](C)c2ccc(Cl)cc2)cc1OCC. The molecule has 0 heterocycles. The Balaban J connectivity index is 1.92. The molecular formula is C20H25ClN2O3. The van der Waals surface area contributed by atoms with Crippen molar-refractivity contribution < 1.29 is 14.3 Å². The van der Waals surface area contributed by atoms with Crippen molar-refractivity contribution in [2.45, 2.75) is 26.8 Å². The van der Waals surface area contributed by atoms with Gasteiger partial charge in [0.1, 0.15) is 0 Å². The lowest BCUT2D eigenvalue weighted by Crippen LogP contribution is -2.30. The molecule has 2 aromatic rings. The van der Waals surface area contributed by atoms with Gasteiger partial charge in [-0.05, 0) is 50.6 Å². The second kappa shape index (κ2) is 10.0. The topological polar surface area (TPSA) is 59.6 Å². The Labute approximate surface area is 159 Å². The lowest BCUT2D eigenvalue weighted by Gasteiger charge is -2.15. The molecule has 1 amide bonds. The van der Waals surface area contributed by atoms with E-state index in [2.05, 4.69) is 10.6 Å². The summed E-state index contributed by atoms with van der Waals surface area (Å²) in [6, 6.07) is 13.0. The van der Waals surface area contributed by atoms with E-state index in [1.165, 1.54) is 0 Å². The van der Waals surface area contributed by atoms with Crippen LogP contribution in [0.2, 0.25) is 5.02 Å². The number of rotatable bonds is 9. The zero-order valence-corrected chi connectivity index (χ0v) is 16.1. The van der Waals surface area contributed by atoms with Crippen LogP contribution in [0, 0.1) is 0 Å². The van der Waals surface area contributed by atoms with Crippen LogP contribution in [0.15, 0.2) is 42.5 Å². The van der Waals surface area contributed by atoms with Crippen LogP contribution < -0.4 is 20.1 Å². The number of hydrogen-bond donors (Lipinski definition) is 2. The molecule has 2 aromatic carbocycles. The zero-order valence-electron chi connectivity index (χ0n) is 15.3. The van der Waals surface area contributed by atoms with Gasteiger partial charge in [0.05, 0.1) is 19.8 Å². The maximum absolute atomic E-state index is 12.2.